The quantitative estimate of drug-likeness (QED) is 0.506. The van der Waals surface area contributed by atoms with Crippen molar-refractivity contribution in [3.05, 3.63) is 61.9 Å². The second-order valence-corrected chi connectivity index (χ2v) is 8.06. The number of aryl methyl sites for hydroxylation is 1. The largest absolute Gasteiger partial charge is 0.458 e. The first kappa shape index (κ1) is 19.2. The first-order chi connectivity index (χ1) is 14.4. The number of nitrogens with zero attached hydrogens (tertiary/aromatic N) is 2. The van der Waals surface area contributed by atoms with Crippen molar-refractivity contribution in [3.8, 4) is 11.4 Å². The molecule has 0 saturated heterocycles. The third kappa shape index (κ3) is 2.48. The Morgan fingerprint density at radius 2 is 2.10 bits per heavy atom. The standard InChI is InChI=1S/C22H18ClFN2O4/c1-2-12-13-7-11(23)3-4-17(13)25-19-14(12)9-26-18(19)8-16-15(20(26)27)10-30-21(28)22(16,29)5-6-24/h3-4,7-8,29H,2,5-6,9-10H2,1H3. The van der Waals surface area contributed by atoms with Gasteiger partial charge < -0.3 is 14.4 Å². The highest BCUT2D eigenvalue weighted by Gasteiger charge is 2.46. The van der Waals surface area contributed by atoms with E-state index in [0.717, 1.165) is 28.5 Å². The molecule has 1 atom stereocenters. The maximum Gasteiger partial charge on any atom is 0.343 e. The number of hydrogen-bond acceptors (Lipinski definition) is 5. The summed E-state index contributed by atoms with van der Waals surface area (Å²) in [4.78, 5) is 30.3. The van der Waals surface area contributed by atoms with E-state index in [2.05, 4.69) is 0 Å². The van der Waals surface area contributed by atoms with Gasteiger partial charge in [0.15, 0.2) is 5.60 Å². The molecule has 0 radical (unpaired) electrons. The van der Waals surface area contributed by atoms with Crippen molar-refractivity contribution in [2.75, 3.05) is 6.67 Å². The summed E-state index contributed by atoms with van der Waals surface area (Å²) in [6, 6.07) is 7.04. The van der Waals surface area contributed by atoms with Gasteiger partial charge in [0, 0.05) is 28.0 Å². The molecule has 8 heteroatoms. The predicted octanol–water partition coefficient (Wildman–Crippen LogP) is 3.25. The average Bonchev–Trinajstić information content (AvgIpc) is 3.09. The van der Waals surface area contributed by atoms with Gasteiger partial charge in [-0.3, -0.25) is 9.18 Å². The molecular formula is C22H18ClFN2O4. The van der Waals surface area contributed by atoms with Crippen LogP contribution in [0.5, 0.6) is 0 Å². The Balaban J connectivity index is 1.81. The number of carbonyl (C=O) groups excluding carboxylic acids is 1. The van der Waals surface area contributed by atoms with E-state index in [1.165, 1.54) is 0 Å². The average molecular weight is 429 g/mol. The van der Waals surface area contributed by atoms with Crippen molar-refractivity contribution in [1.29, 1.82) is 0 Å². The fraction of sp³-hybridized carbons (Fsp3) is 0.318. The molecule has 0 aliphatic carbocycles. The fourth-order valence-corrected chi connectivity index (χ4v) is 4.75. The SMILES string of the molecule is CCc1c2c(nc3ccc(Cl)cc13)-c1cc3c(c(=O)n1C2)COC(=O)C3(O)CCF. The van der Waals surface area contributed by atoms with Gasteiger partial charge in [0.25, 0.3) is 5.56 Å². The number of pyridine rings is 2. The first-order valence-corrected chi connectivity index (χ1v) is 10.1. The molecule has 154 valence electrons. The second-order valence-electron chi connectivity index (χ2n) is 7.62. The zero-order chi connectivity index (χ0) is 21.2. The molecule has 4 heterocycles. The summed E-state index contributed by atoms with van der Waals surface area (Å²) in [6.07, 6.45) is 0.246. The maximum atomic E-state index is 13.2. The van der Waals surface area contributed by atoms with Crippen LogP contribution >= 0.6 is 11.6 Å². The Kier molecular flexibility index (Phi) is 4.24. The number of rotatable bonds is 3. The summed E-state index contributed by atoms with van der Waals surface area (Å²) < 4.78 is 19.7. The number of benzene rings is 1. The molecule has 3 aromatic rings. The van der Waals surface area contributed by atoms with Crippen molar-refractivity contribution >= 4 is 28.5 Å². The lowest BCUT2D eigenvalue weighted by Gasteiger charge is -2.31. The third-order valence-corrected chi connectivity index (χ3v) is 6.30. The lowest BCUT2D eigenvalue weighted by atomic mass is 9.85. The smallest absolute Gasteiger partial charge is 0.343 e. The van der Waals surface area contributed by atoms with Crippen LogP contribution in [-0.2, 0) is 34.7 Å². The Bertz CT molecular complexity index is 1300. The normalized spacial score (nSPS) is 19.4. The summed E-state index contributed by atoms with van der Waals surface area (Å²) in [7, 11) is 0. The summed E-state index contributed by atoms with van der Waals surface area (Å²) >= 11 is 6.19. The number of alkyl halides is 1. The minimum atomic E-state index is -2.18. The fourth-order valence-electron chi connectivity index (χ4n) is 4.58. The Hall–Kier alpha value is -2.77. The number of carbonyl (C=O) groups is 1. The summed E-state index contributed by atoms with van der Waals surface area (Å²) in [6.45, 7) is 1.18. The van der Waals surface area contributed by atoms with E-state index < -0.39 is 24.7 Å². The highest BCUT2D eigenvalue weighted by Crippen LogP contribution is 2.40. The molecule has 2 aliphatic heterocycles. The van der Waals surface area contributed by atoms with Crippen LogP contribution in [-0.4, -0.2) is 27.3 Å². The van der Waals surface area contributed by atoms with Crippen LogP contribution in [0.15, 0.2) is 29.1 Å². The Labute approximate surface area is 175 Å². The Morgan fingerprint density at radius 3 is 2.83 bits per heavy atom. The van der Waals surface area contributed by atoms with Crippen LogP contribution in [0, 0.1) is 0 Å². The minimum absolute atomic E-state index is 0.108. The maximum absolute atomic E-state index is 13.2. The van der Waals surface area contributed by atoms with E-state index in [1.807, 2.05) is 19.1 Å². The number of ether oxygens (including phenoxy) is 1. The molecule has 0 saturated carbocycles. The van der Waals surface area contributed by atoms with E-state index in [-0.39, 0.29) is 23.3 Å². The van der Waals surface area contributed by atoms with Gasteiger partial charge >= 0.3 is 5.97 Å². The lowest BCUT2D eigenvalue weighted by molar-refractivity contribution is -0.173. The summed E-state index contributed by atoms with van der Waals surface area (Å²) in [5.41, 5.74) is 1.57. The number of fused-ring (bicyclic) bond motifs is 5. The van der Waals surface area contributed by atoms with Gasteiger partial charge in [0.05, 0.1) is 35.7 Å². The van der Waals surface area contributed by atoms with Crippen LogP contribution in [0.1, 0.15) is 35.6 Å². The van der Waals surface area contributed by atoms with E-state index in [4.69, 9.17) is 21.3 Å². The highest BCUT2D eigenvalue weighted by atomic mass is 35.5. The van der Waals surface area contributed by atoms with Gasteiger partial charge in [0.2, 0.25) is 0 Å². The summed E-state index contributed by atoms with van der Waals surface area (Å²) in [5.74, 6) is -0.939. The van der Waals surface area contributed by atoms with Gasteiger partial charge in [-0.25, -0.2) is 9.78 Å². The summed E-state index contributed by atoms with van der Waals surface area (Å²) in [5, 5.41) is 12.4. The van der Waals surface area contributed by atoms with Crippen LogP contribution in [0.25, 0.3) is 22.3 Å². The van der Waals surface area contributed by atoms with Gasteiger partial charge in [-0.1, -0.05) is 18.5 Å². The zero-order valence-corrected chi connectivity index (χ0v) is 16.9. The molecular weight excluding hydrogens is 411 g/mol. The molecule has 2 aliphatic rings. The van der Waals surface area contributed by atoms with Crippen LogP contribution in [0.2, 0.25) is 5.02 Å². The number of aliphatic hydroxyl groups is 1. The Morgan fingerprint density at radius 1 is 1.30 bits per heavy atom. The van der Waals surface area contributed by atoms with Crippen LogP contribution in [0.3, 0.4) is 0 Å². The molecule has 30 heavy (non-hydrogen) atoms. The molecule has 6 nitrogen and oxygen atoms in total. The van der Waals surface area contributed by atoms with Gasteiger partial charge in [-0.15, -0.1) is 0 Å². The third-order valence-electron chi connectivity index (χ3n) is 6.07. The minimum Gasteiger partial charge on any atom is -0.458 e. The molecule has 0 bridgehead atoms. The number of esters is 1. The monoisotopic (exact) mass is 428 g/mol. The number of aromatic nitrogens is 2. The highest BCUT2D eigenvalue weighted by molar-refractivity contribution is 6.31. The topological polar surface area (TPSA) is 81.4 Å². The van der Waals surface area contributed by atoms with E-state index in [1.54, 1.807) is 16.7 Å². The van der Waals surface area contributed by atoms with E-state index in [0.29, 0.717) is 23.0 Å². The lowest BCUT2D eigenvalue weighted by Crippen LogP contribution is -2.45. The van der Waals surface area contributed by atoms with Gasteiger partial charge in [-0.05, 0) is 36.2 Å². The number of halogens is 2. The van der Waals surface area contributed by atoms with Gasteiger partial charge in [-0.2, -0.15) is 0 Å². The van der Waals surface area contributed by atoms with Crippen LogP contribution in [0.4, 0.5) is 4.39 Å². The molecule has 0 amide bonds. The molecule has 2 aromatic heterocycles. The number of cyclic esters (lactones) is 1. The van der Waals surface area contributed by atoms with Crippen LogP contribution < -0.4 is 5.56 Å². The second kappa shape index (κ2) is 6.62. The zero-order valence-electron chi connectivity index (χ0n) is 16.2. The molecule has 5 rings (SSSR count). The van der Waals surface area contributed by atoms with Crippen molar-refractivity contribution in [1.82, 2.24) is 9.55 Å². The van der Waals surface area contributed by atoms with E-state index in [9.17, 15) is 19.1 Å². The van der Waals surface area contributed by atoms with E-state index >= 15 is 0 Å². The number of hydrogen-bond donors (Lipinski definition) is 1. The van der Waals surface area contributed by atoms with Gasteiger partial charge in [0.1, 0.15) is 6.61 Å². The predicted molar refractivity (Wildman–Crippen MR) is 109 cm³/mol. The molecule has 1 unspecified atom stereocenters. The molecule has 0 fully saturated rings. The van der Waals surface area contributed by atoms with Crippen molar-refractivity contribution in [2.45, 2.75) is 38.5 Å². The molecule has 1 N–H and O–H groups in total. The van der Waals surface area contributed by atoms with Crippen molar-refractivity contribution in [2.24, 2.45) is 0 Å². The van der Waals surface area contributed by atoms with Crippen molar-refractivity contribution < 1.29 is 19.0 Å². The molecule has 1 aromatic carbocycles. The first-order valence-electron chi connectivity index (χ1n) is 9.73. The van der Waals surface area contributed by atoms with Crippen molar-refractivity contribution in [3.63, 3.8) is 0 Å². The molecule has 0 spiro atoms.